The summed E-state index contributed by atoms with van der Waals surface area (Å²) in [7, 11) is 0. The summed E-state index contributed by atoms with van der Waals surface area (Å²) in [4.78, 5) is 13.6. The molecule has 1 saturated heterocycles. The maximum atomic E-state index is 11.7. The average molecular weight is 171 g/mol. The third kappa shape index (κ3) is 2.21. The maximum Gasteiger partial charge on any atom is 0.228 e. The standard InChI is InChI=1S/C9H17NO2/c1-9(2,3)8(11)10-4-6-12-7-5-10/h4-7H2,1-3H3. The molecule has 1 rings (SSSR count). The summed E-state index contributed by atoms with van der Waals surface area (Å²) in [5.41, 5.74) is -0.253. The first-order valence-corrected chi connectivity index (χ1v) is 4.39. The van der Waals surface area contributed by atoms with Crippen molar-refractivity contribution in [1.82, 2.24) is 4.90 Å². The van der Waals surface area contributed by atoms with Gasteiger partial charge in [-0.2, -0.15) is 0 Å². The largest absolute Gasteiger partial charge is 0.378 e. The number of carbonyl (C=O) groups excluding carboxylic acids is 1. The topological polar surface area (TPSA) is 29.5 Å². The fourth-order valence-electron chi connectivity index (χ4n) is 1.24. The van der Waals surface area contributed by atoms with Gasteiger partial charge in [0.05, 0.1) is 13.2 Å². The van der Waals surface area contributed by atoms with Crippen LogP contribution in [0.2, 0.25) is 0 Å². The Morgan fingerprint density at radius 2 is 1.75 bits per heavy atom. The highest BCUT2D eigenvalue weighted by molar-refractivity contribution is 5.81. The van der Waals surface area contributed by atoms with Gasteiger partial charge in [-0.3, -0.25) is 4.79 Å². The fourth-order valence-corrected chi connectivity index (χ4v) is 1.24. The van der Waals surface area contributed by atoms with Crippen LogP contribution in [0.1, 0.15) is 20.8 Å². The summed E-state index contributed by atoms with van der Waals surface area (Å²) < 4.78 is 5.17. The van der Waals surface area contributed by atoms with Crippen molar-refractivity contribution in [2.75, 3.05) is 26.3 Å². The van der Waals surface area contributed by atoms with E-state index in [2.05, 4.69) is 0 Å². The van der Waals surface area contributed by atoms with Crippen LogP contribution in [-0.4, -0.2) is 37.1 Å². The van der Waals surface area contributed by atoms with Crippen molar-refractivity contribution in [3.8, 4) is 0 Å². The minimum absolute atomic E-state index is 0.228. The van der Waals surface area contributed by atoms with E-state index in [1.807, 2.05) is 25.7 Å². The summed E-state index contributed by atoms with van der Waals surface area (Å²) in [6, 6.07) is 0. The van der Waals surface area contributed by atoms with Crippen molar-refractivity contribution >= 4 is 5.91 Å². The molecule has 70 valence electrons. The summed E-state index contributed by atoms with van der Waals surface area (Å²) in [6.07, 6.45) is 0. The molecule has 0 bridgehead atoms. The lowest BCUT2D eigenvalue weighted by atomic mass is 9.94. The summed E-state index contributed by atoms with van der Waals surface area (Å²) >= 11 is 0. The van der Waals surface area contributed by atoms with Crippen molar-refractivity contribution < 1.29 is 9.53 Å². The Labute approximate surface area is 73.7 Å². The molecular formula is C9H17NO2. The third-order valence-corrected chi connectivity index (χ3v) is 1.94. The molecule has 0 N–H and O–H groups in total. The molecule has 1 aliphatic rings. The van der Waals surface area contributed by atoms with Crippen LogP contribution in [0, 0.1) is 5.41 Å². The average Bonchev–Trinajstić information content (AvgIpc) is 2.03. The lowest BCUT2D eigenvalue weighted by Gasteiger charge is -2.32. The minimum atomic E-state index is -0.253. The second kappa shape index (κ2) is 3.44. The molecule has 0 atom stereocenters. The van der Waals surface area contributed by atoms with Gasteiger partial charge in [-0.25, -0.2) is 0 Å². The molecule has 1 aliphatic heterocycles. The molecule has 0 aliphatic carbocycles. The summed E-state index contributed by atoms with van der Waals surface area (Å²) in [5.74, 6) is 0.228. The van der Waals surface area contributed by atoms with E-state index in [1.54, 1.807) is 0 Å². The second-order valence-electron chi connectivity index (χ2n) is 4.15. The number of amides is 1. The molecule has 3 heteroatoms. The monoisotopic (exact) mass is 171 g/mol. The first-order valence-electron chi connectivity index (χ1n) is 4.39. The molecule has 0 radical (unpaired) electrons. The number of hydrogen-bond donors (Lipinski definition) is 0. The highest BCUT2D eigenvalue weighted by Crippen LogP contribution is 2.17. The number of ether oxygens (including phenoxy) is 1. The van der Waals surface area contributed by atoms with E-state index in [1.165, 1.54) is 0 Å². The van der Waals surface area contributed by atoms with Crippen molar-refractivity contribution in [1.29, 1.82) is 0 Å². The number of hydrogen-bond acceptors (Lipinski definition) is 2. The third-order valence-electron chi connectivity index (χ3n) is 1.94. The number of carbonyl (C=O) groups is 1. The highest BCUT2D eigenvalue weighted by Gasteiger charge is 2.27. The van der Waals surface area contributed by atoms with Crippen molar-refractivity contribution in [2.45, 2.75) is 20.8 Å². The van der Waals surface area contributed by atoms with Crippen LogP contribution >= 0.6 is 0 Å². The normalized spacial score (nSPS) is 19.4. The van der Waals surface area contributed by atoms with Crippen LogP contribution in [0.4, 0.5) is 0 Å². The van der Waals surface area contributed by atoms with Crippen LogP contribution in [-0.2, 0) is 9.53 Å². The van der Waals surface area contributed by atoms with Crippen LogP contribution in [0.25, 0.3) is 0 Å². The smallest absolute Gasteiger partial charge is 0.228 e. The zero-order chi connectivity index (χ0) is 9.19. The Bertz CT molecular complexity index is 166. The zero-order valence-electron chi connectivity index (χ0n) is 8.09. The van der Waals surface area contributed by atoms with Gasteiger partial charge in [-0.1, -0.05) is 20.8 Å². The molecule has 1 amide bonds. The van der Waals surface area contributed by atoms with Crippen LogP contribution in [0.5, 0.6) is 0 Å². The Morgan fingerprint density at radius 3 is 2.17 bits per heavy atom. The molecule has 0 unspecified atom stereocenters. The maximum absolute atomic E-state index is 11.7. The van der Waals surface area contributed by atoms with E-state index in [4.69, 9.17) is 4.74 Å². The number of nitrogens with zero attached hydrogens (tertiary/aromatic N) is 1. The molecule has 3 nitrogen and oxygen atoms in total. The van der Waals surface area contributed by atoms with E-state index >= 15 is 0 Å². The van der Waals surface area contributed by atoms with E-state index in [9.17, 15) is 4.79 Å². The van der Waals surface area contributed by atoms with Crippen LogP contribution in [0.3, 0.4) is 0 Å². The molecule has 0 aromatic rings. The molecule has 0 saturated carbocycles. The lowest BCUT2D eigenvalue weighted by Crippen LogP contribution is -2.45. The Balaban J connectivity index is 2.51. The molecule has 12 heavy (non-hydrogen) atoms. The van der Waals surface area contributed by atoms with Gasteiger partial charge in [0, 0.05) is 18.5 Å². The van der Waals surface area contributed by atoms with Crippen molar-refractivity contribution in [2.24, 2.45) is 5.41 Å². The van der Waals surface area contributed by atoms with Gasteiger partial charge >= 0.3 is 0 Å². The lowest BCUT2D eigenvalue weighted by molar-refractivity contribution is -0.143. The van der Waals surface area contributed by atoms with Crippen molar-refractivity contribution in [3.05, 3.63) is 0 Å². The Hall–Kier alpha value is -0.570. The minimum Gasteiger partial charge on any atom is -0.378 e. The van der Waals surface area contributed by atoms with Gasteiger partial charge in [0.2, 0.25) is 5.91 Å². The molecule has 1 fully saturated rings. The van der Waals surface area contributed by atoms with Crippen molar-refractivity contribution in [3.63, 3.8) is 0 Å². The fraction of sp³-hybridized carbons (Fsp3) is 0.889. The Kier molecular flexibility index (Phi) is 2.73. The Morgan fingerprint density at radius 1 is 1.25 bits per heavy atom. The van der Waals surface area contributed by atoms with Gasteiger partial charge in [0.25, 0.3) is 0 Å². The first kappa shape index (κ1) is 9.52. The predicted octanol–water partition coefficient (Wildman–Crippen LogP) is 0.891. The predicted molar refractivity (Wildman–Crippen MR) is 46.9 cm³/mol. The van der Waals surface area contributed by atoms with Gasteiger partial charge in [-0.05, 0) is 0 Å². The molecular weight excluding hydrogens is 154 g/mol. The SMILES string of the molecule is CC(C)(C)C(=O)N1CCOCC1. The second-order valence-corrected chi connectivity index (χ2v) is 4.15. The van der Waals surface area contributed by atoms with Crippen LogP contribution < -0.4 is 0 Å². The molecule has 1 heterocycles. The van der Waals surface area contributed by atoms with Gasteiger partial charge < -0.3 is 9.64 Å². The van der Waals surface area contributed by atoms with E-state index in [0.717, 1.165) is 13.1 Å². The van der Waals surface area contributed by atoms with E-state index in [0.29, 0.717) is 13.2 Å². The quantitative estimate of drug-likeness (QED) is 0.541. The molecule has 0 spiro atoms. The van der Waals surface area contributed by atoms with E-state index in [-0.39, 0.29) is 11.3 Å². The van der Waals surface area contributed by atoms with E-state index < -0.39 is 0 Å². The first-order chi connectivity index (χ1) is 5.52. The molecule has 0 aromatic heterocycles. The zero-order valence-corrected chi connectivity index (χ0v) is 8.09. The van der Waals surface area contributed by atoms with Gasteiger partial charge in [0.15, 0.2) is 0 Å². The number of morpholine rings is 1. The van der Waals surface area contributed by atoms with Gasteiger partial charge in [-0.15, -0.1) is 0 Å². The number of rotatable bonds is 0. The summed E-state index contributed by atoms with van der Waals surface area (Å²) in [5, 5.41) is 0. The highest BCUT2D eigenvalue weighted by atomic mass is 16.5. The van der Waals surface area contributed by atoms with Gasteiger partial charge in [0.1, 0.15) is 0 Å². The summed E-state index contributed by atoms with van der Waals surface area (Å²) in [6.45, 7) is 8.70. The molecule has 0 aromatic carbocycles. The van der Waals surface area contributed by atoms with Crippen LogP contribution in [0.15, 0.2) is 0 Å².